The molecule has 10 nitrogen and oxygen atoms in total. The topological polar surface area (TPSA) is 153 Å². The Morgan fingerprint density at radius 2 is 2.00 bits per heavy atom. The summed E-state index contributed by atoms with van der Waals surface area (Å²) < 4.78 is 5.23. The largest absolute Gasteiger partial charge is 0.403 e. The van der Waals surface area contributed by atoms with E-state index in [4.69, 9.17) is 22.0 Å². The molecule has 3 aromatic heterocycles. The molecule has 0 aliphatic rings. The minimum Gasteiger partial charge on any atom is -0.403 e. The molecular formula is C20H26CrN9O-. The fourth-order valence-corrected chi connectivity index (χ4v) is 3.02. The van der Waals surface area contributed by atoms with Crippen molar-refractivity contribution in [2.75, 3.05) is 38.9 Å². The molecule has 164 valence electrons. The third kappa shape index (κ3) is 5.55. The molecule has 11 heteroatoms. The number of fused-ring (bicyclic) bond motifs is 1. The molecule has 0 aromatic carbocycles. The fraction of sp³-hybridized carbons (Fsp3) is 0.200. The summed E-state index contributed by atoms with van der Waals surface area (Å²) in [6.45, 7) is 0.468. The first-order valence-corrected chi connectivity index (χ1v) is 9.19. The summed E-state index contributed by atoms with van der Waals surface area (Å²) in [6.07, 6.45) is 4.78. The van der Waals surface area contributed by atoms with Crippen LogP contribution in [0.5, 0.6) is 0 Å². The van der Waals surface area contributed by atoms with Gasteiger partial charge in [-0.15, -0.1) is 12.1 Å². The Bertz CT molecular complexity index is 1060. The summed E-state index contributed by atoms with van der Waals surface area (Å²) >= 11 is 0. The smallest absolute Gasteiger partial charge is 0.133 e. The maximum Gasteiger partial charge on any atom is 0.133 e. The van der Waals surface area contributed by atoms with Crippen LogP contribution in [0, 0.1) is 6.04 Å². The van der Waals surface area contributed by atoms with Gasteiger partial charge in [0.05, 0.1) is 17.2 Å². The number of nitrogen functional groups attached to an aromatic ring is 1. The Morgan fingerprint density at radius 3 is 2.65 bits per heavy atom. The SMILES string of the molecule is CN[C-](COC)c1ccnc(Nc2cc3cc(/C(=C/N)N(C)N)nc(N)c3cn2)c1.[Cr]. The molecule has 31 heavy (non-hydrogen) atoms. The zero-order chi connectivity index (χ0) is 21.7. The monoisotopic (exact) mass is 460 g/mol. The van der Waals surface area contributed by atoms with Gasteiger partial charge in [0.25, 0.3) is 0 Å². The van der Waals surface area contributed by atoms with Crippen molar-refractivity contribution in [3.8, 4) is 0 Å². The number of ether oxygens (including phenoxy) is 1. The maximum absolute atomic E-state index is 6.12. The molecule has 3 aromatic rings. The zero-order valence-corrected chi connectivity index (χ0v) is 18.9. The van der Waals surface area contributed by atoms with E-state index in [9.17, 15) is 0 Å². The second-order valence-electron chi connectivity index (χ2n) is 6.56. The van der Waals surface area contributed by atoms with Crippen molar-refractivity contribution in [3.05, 3.63) is 60.2 Å². The van der Waals surface area contributed by atoms with Crippen molar-refractivity contribution in [2.45, 2.75) is 0 Å². The molecule has 0 aliphatic heterocycles. The molecule has 0 atom stereocenters. The van der Waals surface area contributed by atoms with Gasteiger partial charge >= 0.3 is 0 Å². The Hall–Kier alpha value is -3.07. The number of nitrogens with one attached hydrogen (secondary N) is 2. The van der Waals surface area contributed by atoms with Gasteiger partial charge in [0.2, 0.25) is 0 Å². The van der Waals surface area contributed by atoms with E-state index in [0.29, 0.717) is 35.5 Å². The average Bonchev–Trinajstić information content (AvgIpc) is 2.72. The number of hydrazine groups is 1. The van der Waals surface area contributed by atoms with E-state index in [1.807, 2.05) is 31.3 Å². The van der Waals surface area contributed by atoms with Gasteiger partial charge in [-0.3, -0.25) is 4.98 Å². The van der Waals surface area contributed by atoms with Crippen LogP contribution in [0.3, 0.4) is 0 Å². The van der Waals surface area contributed by atoms with Crippen LogP contribution < -0.4 is 27.9 Å². The van der Waals surface area contributed by atoms with Crippen molar-refractivity contribution >= 4 is 33.9 Å². The van der Waals surface area contributed by atoms with E-state index in [2.05, 4.69) is 25.6 Å². The molecule has 0 spiro atoms. The van der Waals surface area contributed by atoms with Crippen molar-refractivity contribution in [1.82, 2.24) is 25.3 Å². The summed E-state index contributed by atoms with van der Waals surface area (Å²) in [5.74, 6) is 7.44. The van der Waals surface area contributed by atoms with Crippen molar-refractivity contribution in [1.29, 1.82) is 0 Å². The predicted octanol–water partition coefficient (Wildman–Crippen LogP) is 1.16. The van der Waals surface area contributed by atoms with Gasteiger partial charge in [0.1, 0.15) is 11.6 Å². The normalized spacial score (nSPS) is 11.2. The number of hydrogen-bond donors (Lipinski definition) is 5. The summed E-state index contributed by atoms with van der Waals surface area (Å²) in [6, 6.07) is 8.50. The third-order valence-corrected chi connectivity index (χ3v) is 4.50. The molecule has 0 radical (unpaired) electrons. The minimum atomic E-state index is 0. The molecule has 3 heterocycles. The van der Waals surface area contributed by atoms with Crippen LogP contribution in [-0.2, 0) is 22.1 Å². The van der Waals surface area contributed by atoms with E-state index in [0.717, 1.165) is 22.4 Å². The van der Waals surface area contributed by atoms with Crippen LogP contribution in [0.1, 0.15) is 11.3 Å². The van der Waals surface area contributed by atoms with Crippen LogP contribution >= 0.6 is 0 Å². The standard InChI is InChI=1S/C20H26N9O.Cr/c1-24-16(11-30-3)12-4-5-25-18(7-12)28-19-8-13-6-15(17(9-21)29(2)23)27-20(22)14(13)10-26-19;/h4-10,24H,11,21,23H2,1-3H3,(H2,22,27)(H,25,26,28);/q-1;/b17-9-;. The molecule has 0 bridgehead atoms. The van der Waals surface area contributed by atoms with Gasteiger partial charge in [0.15, 0.2) is 0 Å². The maximum atomic E-state index is 6.12. The van der Waals surface area contributed by atoms with Gasteiger partial charge in [-0.2, -0.15) is 5.56 Å². The van der Waals surface area contributed by atoms with Crippen molar-refractivity contribution in [2.24, 2.45) is 11.6 Å². The number of aromatic nitrogens is 3. The average molecular weight is 460 g/mol. The van der Waals surface area contributed by atoms with E-state index >= 15 is 0 Å². The number of methoxy groups -OCH3 is 1. The van der Waals surface area contributed by atoms with E-state index in [1.54, 1.807) is 26.6 Å². The first-order valence-electron chi connectivity index (χ1n) is 9.19. The van der Waals surface area contributed by atoms with Gasteiger partial charge in [0, 0.05) is 55.9 Å². The van der Waals surface area contributed by atoms with Crippen LogP contribution in [0.2, 0.25) is 0 Å². The predicted molar refractivity (Wildman–Crippen MR) is 119 cm³/mol. The summed E-state index contributed by atoms with van der Waals surface area (Å²) in [4.78, 5) is 13.2. The summed E-state index contributed by atoms with van der Waals surface area (Å²) in [5.41, 5.74) is 13.9. The molecule has 0 saturated heterocycles. The number of rotatable bonds is 8. The van der Waals surface area contributed by atoms with Crippen LogP contribution in [0.25, 0.3) is 16.5 Å². The number of pyridine rings is 3. The zero-order valence-electron chi connectivity index (χ0n) is 17.6. The number of nitrogens with zero attached hydrogens (tertiary/aromatic N) is 4. The number of hydrogen-bond acceptors (Lipinski definition) is 10. The van der Waals surface area contributed by atoms with E-state index in [1.165, 1.54) is 11.2 Å². The van der Waals surface area contributed by atoms with Crippen LogP contribution in [-0.4, -0.2) is 47.8 Å². The Kier molecular flexibility index (Phi) is 8.44. The summed E-state index contributed by atoms with van der Waals surface area (Å²) in [7, 11) is 5.18. The van der Waals surface area contributed by atoms with Gasteiger partial charge in [-0.1, -0.05) is 6.04 Å². The number of anilines is 3. The molecule has 3 rings (SSSR count). The molecule has 0 saturated carbocycles. The Morgan fingerprint density at radius 1 is 1.26 bits per heavy atom. The van der Waals surface area contributed by atoms with Crippen molar-refractivity contribution < 1.29 is 22.1 Å². The first-order chi connectivity index (χ1) is 14.5. The molecule has 0 amide bonds. The van der Waals surface area contributed by atoms with Gasteiger partial charge in [-0.05, 0) is 30.8 Å². The molecule has 0 unspecified atom stereocenters. The van der Waals surface area contributed by atoms with E-state index in [-0.39, 0.29) is 17.4 Å². The summed E-state index contributed by atoms with van der Waals surface area (Å²) in [5, 5.41) is 9.32. The van der Waals surface area contributed by atoms with Crippen molar-refractivity contribution in [3.63, 3.8) is 0 Å². The fourth-order valence-electron chi connectivity index (χ4n) is 3.02. The van der Waals surface area contributed by atoms with Gasteiger partial charge in [-0.25, -0.2) is 15.8 Å². The molecule has 0 aliphatic carbocycles. The first kappa shape index (κ1) is 24.2. The molecule has 8 N–H and O–H groups in total. The molecule has 0 fully saturated rings. The Balaban J connectivity index is 0.00000341. The number of nitrogens with two attached hydrogens (primary N) is 3. The quantitative estimate of drug-likeness (QED) is 0.188. The van der Waals surface area contributed by atoms with Gasteiger partial charge < -0.3 is 31.8 Å². The number of likely N-dealkylation sites (N-methyl/N-ethyl adjacent to an activating group) is 1. The molecular weight excluding hydrogens is 434 g/mol. The van der Waals surface area contributed by atoms with E-state index < -0.39 is 0 Å². The van der Waals surface area contributed by atoms with Crippen LogP contribution in [0.15, 0.2) is 42.9 Å². The minimum absolute atomic E-state index is 0. The third-order valence-electron chi connectivity index (χ3n) is 4.50. The second kappa shape index (κ2) is 10.8. The van der Waals surface area contributed by atoms with Crippen LogP contribution in [0.4, 0.5) is 17.5 Å². The second-order valence-corrected chi connectivity index (χ2v) is 6.56. The Labute approximate surface area is 192 Å².